The van der Waals surface area contributed by atoms with Crippen LogP contribution in [0.2, 0.25) is 0 Å². The summed E-state index contributed by atoms with van der Waals surface area (Å²) in [4.78, 5) is 26.3. The van der Waals surface area contributed by atoms with Crippen molar-refractivity contribution in [2.24, 2.45) is 0 Å². The zero-order chi connectivity index (χ0) is 21.4. The molecule has 156 valence electrons. The van der Waals surface area contributed by atoms with Gasteiger partial charge in [0.05, 0.1) is 18.2 Å². The van der Waals surface area contributed by atoms with E-state index < -0.39 is 0 Å². The molecule has 1 N–H and O–H groups in total. The second-order valence-electron chi connectivity index (χ2n) is 7.93. The van der Waals surface area contributed by atoms with Crippen LogP contribution in [0.5, 0.6) is 5.75 Å². The largest absolute Gasteiger partial charge is 0.497 e. The molecule has 4 rings (SSSR count). The number of carbonyl (C=O) groups excluding carboxylic acids is 1. The molecule has 0 radical (unpaired) electrons. The molecule has 30 heavy (non-hydrogen) atoms. The number of nitrogens with zero attached hydrogens (tertiary/aromatic N) is 1. The molecular weight excluding hydrogens is 376 g/mol. The van der Waals surface area contributed by atoms with Gasteiger partial charge in [-0.15, -0.1) is 0 Å². The third-order valence-corrected chi connectivity index (χ3v) is 5.92. The van der Waals surface area contributed by atoms with Crippen molar-refractivity contribution in [1.82, 2.24) is 9.88 Å². The maximum absolute atomic E-state index is 13.7. The van der Waals surface area contributed by atoms with Crippen LogP contribution in [0.3, 0.4) is 0 Å². The first-order chi connectivity index (χ1) is 14.5. The number of amides is 1. The molecule has 0 bridgehead atoms. The molecule has 1 heterocycles. The topological polar surface area (TPSA) is 60.3 Å². The lowest BCUT2D eigenvalue weighted by atomic mass is 9.98. The smallest absolute Gasteiger partial charge is 0.263 e. The van der Waals surface area contributed by atoms with E-state index in [1.807, 2.05) is 43.3 Å². The highest BCUT2D eigenvalue weighted by Crippen LogP contribution is 2.28. The summed E-state index contributed by atoms with van der Waals surface area (Å²) in [7, 11) is 1.60. The Hall–Kier alpha value is -3.08. The van der Waals surface area contributed by atoms with Gasteiger partial charge >= 0.3 is 0 Å². The van der Waals surface area contributed by atoms with Gasteiger partial charge in [0, 0.05) is 17.3 Å². The number of aryl methyl sites for hydroxylation is 2. The number of fused-ring (bicyclic) bond motifs is 1. The normalized spacial score (nSPS) is 13.5. The van der Waals surface area contributed by atoms with Gasteiger partial charge in [0.25, 0.3) is 11.5 Å². The maximum Gasteiger partial charge on any atom is 0.263 e. The Kier molecular flexibility index (Phi) is 5.37. The summed E-state index contributed by atoms with van der Waals surface area (Å²) in [5.74, 6) is 0.578. The molecule has 0 aliphatic heterocycles. The average Bonchev–Trinajstić information content (AvgIpc) is 3.57. The minimum atomic E-state index is -0.0826. The van der Waals surface area contributed by atoms with Gasteiger partial charge in [-0.1, -0.05) is 26.0 Å². The van der Waals surface area contributed by atoms with Crippen molar-refractivity contribution in [3.63, 3.8) is 0 Å². The first kappa shape index (κ1) is 20.2. The van der Waals surface area contributed by atoms with Gasteiger partial charge in [-0.25, -0.2) is 0 Å². The van der Waals surface area contributed by atoms with Crippen LogP contribution in [0.15, 0.2) is 41.2 Å². The van der Waals surface area contributed by atoms with Crippen LogP contribution in [0, 0.1) is 6.92 Å². The second kappa shape index (κ2) is 7.98. The summed E-state index contributed by atoms with van der Waals surface area (Å²) >= 11 is 0. The van der Waals surface area contributed by atoms with E-state index in [1.54, 1.807) is 11.7 Å². The van der Waals surface area contributed by atoms with Gasteiger partial charge in [-0.05, 0) is 73.4 Å². The van der Waals surface area contributed by atoms with Crippen molar-refractivity contribution in [3.8, 4) is 11.4 Å². The van der Waals surface area contributed by atoms with E-state index in [4.69, 9.17) is 4.74 Å². The number of carbonyl (C=O) groups is 1. The number of hydrogen-bond acceptors (Lipinski definition) is 3. The predicted molar refractivity (Wildman–Crippen MR) is 120 cm³/mol. The number of rotatable bonds is 6. The molecule has 0 unspecified atom stereocenters. The van der Waals surface area contributed by atoms with Crippen molar-refractivity contribution in [2.75, 3.05) is 7.11 Å². The average molecular weight is 405 g/mol. The predicted octanol–water partition coefficient (Wildman–Crippen LogP) is 4.32. The van der Waals surface area contributed by atoms with Crippen LogP contribution >= 0.6 is 0 Å². The summed E-state index contributed by atoms with van der Waals surface area (Å²) in [6.45, 7) is 6.16. The van der Waals surface area contributed by atoms with E-state index in [0.717, 1.165) is 53.6 Å². The lowest BCUT2D eigenvalue weighted by Crippen LogP contribution is -2.27. The fourth-order valence-corrected chi connectivity index (χ4v) is 4.13. The molecule has 0 saturated heterocycles. The molecule has 0 atom stereocenters. The number of methoxy groups -OCH3 is 1. The Bertz CT molecular complexity index is 1190. The minimum Gasteiger partial charge on any atom is -0.497 e. The molecule has 1 aliphatic carbocycles. The van der Waals surface area contributed by atoms with Crippen molar-refractivity contribution in [1.29, 1.82) is 0 Å². The van der Waals surface area contributed by atoms with Crippen molar-refractivity contribution in [3.05, 3.63) is 69.1 Å². The van der Waals surface area contributed by atoms with Crippen molar-refractivity contribution < 1.29 is 9.53 Å². The number of pyridine rings is 1. The number of benzene rings is 2. The highest BCUT2D eigenvalue weighted by Gasteiger charge is 2.24. The quantitative estimate of drug-likeness (QED) is 0.665. The molecule has 3 aromatic rings. The van der Waals surface area contributed by atoms with Crippen LogP contribution < -0.4 is 15.6 Å². The van der Waals surface area contributed by atoms with E-state index in [9.17, 15) is 9.59 Å². The summed E-state index contributed by atoms with van der Waals surface area (Å²) in [6, 6.07) is 11.6. The standard InChI is InChI=1S/C25H28N2O3/c1-5-19-20-12-11-18(30-4)14-21(20)25(29)27(22(19)6-2)23-13-16(8-7-15(23)3)24(28)26-17-9-10-17/h7-8,11-14,17H,5-6,9-10H2,1-4H3,(H,26,28). The van der Waals surface area contributed by atoms with Gasteiger partial charge in [-0.3, -0.25) is 14.2 Å². The molecule has 1 fully saturated rings. The third-order valence-electron chi connectivity index (χ3n) is 5.92. The number of aromatic nitrogens is 1. The van der Waals surface area contributed by atoms with E-state index in [-0.39, 0.29) is 17.5 Å². The number of ether oxygens (including phenoxy) is 1. The fourth-order valence-electron chi connectivity index (χ4n) is 4.13. The molecular formula is C25H28N2O3. The maximum atomic E-state index is 13.7. The second-order valence-corrected chi connectivity index (χ2v) is 7.93. The summed E-state index contributed by atoms with van der Waals surface area (Å²) in [6.07, 6.45) is 3.61. The van der Waals surface area contributed by atoms with E-state index in [1.165, 1.54) is 0 Å². The van der Waals surface area contributed by atoms with Crippen molar-refractivity contribution >= 4 is 16.7 Å². The molecule has 0 spiro atoms. The molecule has 1 aromatic heterocycles. The van der Waals surface area contributed by atoms with Crippen LogP contribution in [0.4, 0.5) is 0 Å². The summed E-state index contributed by atoms with van der Waals surface area (Å²) in [5.41, 5.74) is 4.37. The fraction of sp³-hybridized carbons (Fsp3) is 0.360. The van der Waals surface area contributed by atoms with E-state index in [2.05, 4.69) is 19.2 Å². The third kappa shape index (κ3) is 3.49. The van der Waals surface area contributed by atoms with Crippen LogP contribution in [-0.2, 0) is 12.8 Å². The Balaban J connectivity index is 1.98. The molecule has 5 heteroatoms. The number of hydrogen-bond donors (Lipinski definition) is 1. The Morgan fingerprint density at radius 1 is 1.10 bits per heavy atom. The number of nitrogens with one attached hydrogen (secondary N) is 1. The van der Waals surface area contributed by atoms with Crippen LogP contribution in [0.1, 0.15) is 53.9 Å². The van der Waals surface area contributed by atoms with E-state index in [0.29, 0.717) is 16.7 Å². The van der Waals surface area contributed by atoms with Crippen LogP contribution in [-0.4, -0.2) is 23.6 Å². The van der Waals surface area contributed by atoms with E-state index >= 15 is 0 Å². The van der Waals surface area contributed by atoms with Gasteiger partial charge in [-0.2, -0.15) is 0 Å². The van der Waals surface area contributed by atoms with Crippen molar-refractivity contribution in [2.45, 2.75) is 52.5 Å². The highest BCUT2D eigenvalue weighted by atomic mass is 16.5. The molecule has 1 saturated carbocycles. The lowest BCUT2D eigenvalue weighted by Gasteiger charge is -2.20. The van der Waals surface area contributed by atoms with Gasteiger partial charge < -0.3 is 10.1 Å². The monoisotopic (exact) mass is 404 g/mol. The molecule has 2 aromatic carbocycles. The Morgan fingerprint density at radius 3 is 2.50 bits per heavy atom. The zero-order valence-corrected chi connectivity index (χ0v) is 18.0. The first-order valence-corrected chi connectivity index (χ1v) is 10.6. The van der Waals surface area contributed by atoms with Gasteiger partial charge in [0.2, 0.25) is 0 Å². The summed E-state index contributed by atoms with van der Waals surface area (Å²) in [5, 5.41) is 4.64. The SMILES string of the molecule is CCc1c(CC)n(-c2cc(C(=O)NC3CC3)ccc2C)c(=O)c2cc(OC)ccc12. The first-order valence-electron chi connectivity index (χ1n) is 10.6. The lowest BCUT2D eigenvalue weighted by molar-refractivity contribution is 0.0951. The molecule has 5 nitrogen and oxygen atoms in total. The molecule has 1 amide bonds. The summed E-state index contributed by atoms with van der Waals surface area (Å²) < 4.78 is 7.16. The van der Waals surface area contributed by atoms with Gasteiger partial charge in [0.1, 0.15) is 5.75 Å². The van der Waals surface area contributed by atoms with Gasteiger partial charge in [0.15, 0.2) is 0 Å². The minimum absolute atomic E-state index is 0.0805. The Morgan fingerprint density at radius 2 is 1.87 bits per heavy atom. The Labute approximate surface area is 176 Å². The highest BCUT2D eigenvalue weighted by molar-refractivity contribution is 5.95. The zero-order valence-electron chi connectivity index (χ0n) is 18.0. The van der Waals surface area contributed by atoms with Crippen LogP contribution in [0.25, 0.3) is 16.5 Å². The molecule has 1 aliphatic rings.